The fourth-order valence-corrected chi connectivity index (χ4v) is 2.86. The van der Waals surface area contributed by atoms with Gasteiger partial charge in [0.2, 0.25) is 5.90 Å². The third-order valence-corrected chi connectivity index (χ3v) is 4.46. The normalized spacial score (nSPS) is 14.9. The fourth-order valence-electron chi connectivity index (χ4n) is 2.50. The third-order valence-electron chi connectivity index (χ3n) is 3.74. The van der Waals surface area contributed by atoms with Gasteiger partial charge in [-0.1, -0.05) is 13.0 Å². The molecule has 6 heteroatoms. The number of rotatable bonds is 7. The molecule has 0 saturated carbocycles. The molecule has 0 aromatic heterocycles. The van der Waals surface area contributed by atoms with Crippen LogP contribution in [0.15, 0.2) is 53.2 Å². The van der Waals surface area contributed by atoms with Gasteiger partial charge in [-0.05, 0) is 84.0 Å². The van der Waals surface area contributed by atoms with E-state index in [2.05, 4.69) is 27.6 Å². The fraction of sp³-hybridized carbons (Fsp3) is 0.238. The van der Waals surface area contributed by atoms with E-state index < -0.39 is 5.97 Å². The zero-order chi connectivity index (χ0) is 19.2. The summed E-state index contributed by atoms with van der Waals surface area (Å²) in [5.74, 6) is 1.19. The first kappa shape index (κ1) is 19.4. The Morgan fingerprint density at radius 3 is 2.56 bits per heavy atom. The van der Waals surface area contributed by atoms with Crippen LogP contribution in [0.5, 0.6) is 11.5 Å². The Kier molecular flexibility index (Phi) is 6.49. The van der Waals surface area contributed by atoms with Crippen LogP contribution >= 0.6 is 22.6 Å². The summed E-state index contributed by atoms with van der Waals surface area (Å²) in [7, 11) is 0. The predicted molar refractivity (Wildman–Crippen MR) is 113 cm³/mol. The molecule has 0 amide bonds. The van der Waals surface area contributed by atoms with Gasteiger partial charge in [-0.3, -0.25) is 0 Å². The van der Waals surface area contributed by atoms with Crippen molar-refractivity contribution >= 4 is 40.5 Å². The Morgan fingerprint density at radius 1 is 1.07 bits per heavy atom. The minimum Gasteiger partial charge on any atom is -0.490 e. The van der Waals surface area contributed by atoms with Gasteiger partial charge in [-0.15, -0.1) is 0 Å². The molecule has 1 aliphatic rings. The molecule has 0 saturated heterocycles. The molecule has 2 aromatic rings. The molecule has 27 heavy (non-hydrogen) atoms. The topological polar surface area (TPSA) is 57.1 Å². The molecule has 0 spiro atoms. The van der Waals surface area contributed by atoms with Gasteiger partial charge >= 0.3 is 5.97 Å². The summed E-state index contributed by atoms with van der Waals surface area (Å²) in [6.45, 7) is 5.12. The standard InChI is InChI=1S/C21H20INO4/c1-3-11-26-18-10-5-14(13-19(18)25-4-2)12-17-21(24)27-20(23-17)15-6-8-16(22)9-7-15/h5-10,12-13H,3-4,11H2,1-2H3/b17-12-. The molecule has 1 heterocycles. The summed E-state index contributed by atoms with van der Waals surface area (Å²) in [6, 6.07) is 13.2. The number of hydrogen-bond donors (Lipinski definition) is 0. The average Bonchev–Trinajstić information content (AvgIpc) is 3.02. The lowest BCUT2D eigenvalue weighted by Crippen LogP contribution is -2.05. The molecule has 0 N–H and O–H groups in total. The lowest BCUT2D eigenvalue weighted by molar-refractivity contribution is -0.129. The predicted octanol–water partition coefficient (Wildman–Crippen LogP) is 4.82. The van der Waals surface area contributed by atoms with Gasteiger partial charge in [0, 0.05) is 9.13 Å². The molecule has 0 atom stereocenters. The minimum absolute atomic E-state index is 0.258. The Bertz CT molecular complexity index is 888. The number of cyclic esters (lactones) is 1. The highest BCUT2D eigenvalue weighted by Crippen LogP contribution is 2.30. The first-order valence-electron chi connectivity index (χ1n) is 8.79. The molecule has 0 radical (unpaired) electrons. The van der Waals surface area contributed by atoms with Crippen LogP contribution in [0.3, 0.4) is 0 Å². The Morgan fingerprint density at radius 2 is 1.85 bits per heavy atom. The van der Waals surface area contributed by atoms with Gasteiger partial charge in [0.1, 0.15) is 0 Å². The van der Waals surface area contributed by atoms with E-state index in [0.717, 1.165) is 21.1 Å². The molecule has 0 aliphatic carbocycles. The van der Waals surface area contributed by atoms with Crippen LogP contribution in [-0.2, 0) is 9.53 Å². The molecule has 1 aliphatic heterocycles. The van der Waals surface area contributed by atoms with Gasteiger partial charge in [-0.2, -0.15) is 0 Å². The van der Waals surface area contributed by atoms with Crippen molar-refractivity contribution in [3.8, 4) is 11.5 Å². The number of carbonyl (C=O) groups is 1. The molecule has 0 fully saturated rings. The molecule has 0 unspecified atom stereocenters. The Hall–Kier alpha value is -2.35. The van der Waals surface area contributed by atoms with Crippen molar-refractivity contribution in [1.29, 1.82) is 0 Å². The smallest absolute Gasteiger partial charge is 0.363 e. The van der Waals surface area contributed by atoms with E-state index in [1.807, 2.05) is 56.3 Å². The van der Waals surface area contributed by atoms with Gasteiger partial charge < -0.3 is 14.2 Å². The second-order valence-corrected chi connectivity index (χ2v) is 7.08. The summed E-state index contributed by atoms with van der Waals surface area (Å²) < 4.78 is 17.8. The zero-order valence-corrected chi connectivity index (χ0v) is 17.4. The van der Waals surface area contributed by atoms with Crippen molar-refractivity contribution in [2.75, 3.05) is 13.2 Å². The summed E-state index contributed by atoms with van der Waals surface area (Å²) in [6.07, 6.45) is 2.60. The lowest BCUT2D eigenvalue weighted by atomic mass is 10.1. The van der Waals surface area contributed by atoms with Gasteiger partial charge in [0.25, 0.3) is 0 Å². The van der Waals surface area contributed by atoms with Crippen molar-refractivity contribution in [3.63, 3.8) is 0 Å². The number of ether oxygens (including phenoxy) is 3. The van der Waals surface area contributed by atoms with Crippen LogP contribution in [0, 0.1) is 3.57 Å². The van der Waals surface area contributed by atoms with Crippen LogP contribution in [0.1, 0.15) is 31.4 Å². The molecular weight excluding hydrogens is 457 g/mol. The zero-order valence-electron chi connectivity index (χ0n) is 15.2. The Labute approximate surface area is 172 Å². The molecule has 5 nitrogen and oxygen atoms in total. The first-order valence-corrected chi connectivity index (χ1v) is 9.86. The van der Waals surface area contributed by atoms with Crippen molar-refractivity contribution in [2.24, 2.45) is 4.99 Å². The van der Waals surface area contributed by atoms with E-state index in [1.165, 1.54) is 0 Å². The van der Waals surface area contributed by atoms with Crippen LogP contribution in [0.25, 0.3) is 6.08 Å². The van der Waals surface area contributed by atoms with E-state index in [4.69, 9.17) is 14.2 Å². The van der Waals surface area contributed by atoms with Crippen molar-refractivity contribution in [3.05, 3.63) is 62.9 Å². The lowest BCUT2D eigenvalue weighted by Gasteiger charge is -2.12. The van der Waals surface area contributed by atoms with Gasteiger partial charge in [0.05, 0.1) is 13.2 Å². The summed E-state index contributed by atoms with van der Waals surface area (Å²) in [5, 5.41) is 0. The highest BCUT2D eigenvalue weighted by atomic mass is 127. The summed E-state index contributed by atoms with van der Waals surface area (Å²) in [5.41, 5.74) is 1.82. The number of esters is 1. The SMILES string of the molecule is CCCOc1ccc(/C=C2\N=C(c3ccc(I)cc3)OC2=O)cc1OCC. The third kappa shape index (κ3) is 4.88. The average molecular weight is 477 g/mol. The number of aliphatic imine (C=N–C) groups is 1. The highest BCUT2D eigenvalue weighted by Gasteiger charge is 2.24. The second-order valence-electron chi connectivity index (χ2n) is 5.83. The largest absolute Gasteiger partial charge is 0.490 e. The van der Waals surface area contributed by atoms with Crippen LogP contribution in [0.2, 0.25) is 0 Å². The highest BCUT2D eigenvalue weighted by molar-refractivity contribution is 14.1. The van der Waals surface area contributed by atoms with E-state index in [0.29, 0.717) is 30.6 Å². The maximum absolute atomic E-state index is 12.2. The molecule has 140 valence electrons. The van der Waals surface area contributed by atoms with Crippen LogP contribution in [0.4, 0.5) is 0 Å². The van der Waals surface area contributed by atoms with Crippen molar-refractivity contribution in [1.82, 2.24) is 0 Å². The van der Waals surface area contributed by atoms with E-state index in [-0.39, 0.29) is 5.70 Å². The molecule has 2 aromatic carbocycles. The number of benzene rings is 2. The number of nitrogens with zero attached hydrogens (tertiary/aromatic N) is 1. The molecule has 3 rings (SSSR count). The number of halogens is 1. The molecule has 0 bridgehead atoms. The monoisotopic (exact) mass is 477 g/mol. The summed E-state index contributed by atoms with van der Waals surface area (Å²) in [4.78, 5) is 16.5. The summed E-state index contributed by atoms with van der Waals surface area (Å²) >= 11 is 2.22. The second kappa shape index (κ2) is 9.03. The number of carbonyl (C=O) groups excluding carboxylic acids is 1. The number of hydrogen-bond acceptors (Lipinski definition) is 5. The van der Waals surface area contributed by atoms with Crippen LogP contribution < -0.4 is 9.47 Å². The maximum atomic E-state index is 12.2. The quantitative estimate of drug-likeness (QED) is 0.326. The Balaban J connectivity index is 1.87. The minimum atomic E-state index is -0.465. The maximum Gasteiger partial charge on any atom is 0.363 e. The van der Waals surface area contributed by atoms with E-state index in [9.17, 15) is 4.79 Å². The van der Waals surface area contributed by atoms with Crippen LogP contribution in [-0.4, -0.2) is 25.1 Å². The van der Waals surface area contributed by atoms with Crippen molar-refractivity contribution < 1.29 is 19.0 Å². The van der Waals surface area contributed by atoms with E-state index in [1.54, 1.807) is 6.08 Å². The first-order chi connectivity index (χ1) is 13.1. The van der Waals surface area contributed by atoms with Crippen molar-refractivity contribution in [2.45, 2.75) is 20.3 Å². The van der Waals surface area contributed by atoms with Gasteiger partial charge in [-0.25, -0.2) is 9.79 Å². The van der Waals surface area contributed by atoms with E-state index >= 15 is 0 Å². The van der Waals surface area contributed by atoms with Gasteiger partial charge in [0.15, 0.2) is 17.2 Å². The molecular formula is C21H20INO4.